The van der Waals surface area contributed by atoms with Crippen LogP contribution in [0.25, 0.3) is 0 Å². The smallest absolute Gasteiger partial charge is 0.226 e. The Morgan fingerprint density at radius 2 is 2.09 bits per heavy atom. The highest BCUT2D eigenvalue weighted by molar-refractivity contribution is 5.79. The number of ether oxygens (including phenoxy) is 1. The van der Waals surface area contributed by atoms with Gasteiger partial charge in [-0.3, -0.25) is 4.79 Å². The van der Waals surface area contributed by atoms with Crippen LogP contribution in [0.1, 0.15) is 43.8 Å². The predicted octanol–water partition coefficient (Wildman–Crippen LogP) is 2.41. The van der Waals surface area contributed by atoms with E-state index in [1.165, 1.54) is 12.8 Å². The Labute approximate surface area is 132 Å². The fourth-order valence-corrected chi connectivity index (χ4v) is 3.52. The molecule has 1 amide bonds. The van der Waals surface area contributed by atoms with E-state index < -0.39 is 0 Å². The molecule has 2 aliphatic rings. The molecule has 120 valence electrons. The molecule has 0 saturated carbocycles. The van der Waals surface area contributed by atoms with Crippen molar-refractivity contribution in [3.8, 4) is 0 Å². The van der Waals surface area contributed by atoms with Gasteiger partial charge in [0.05, 0.1) is 12.0 Å². The molecule has 0 radical (unpaired) electrons. The van der Waals surface area contributed by atoms with Crippen LogP contribution in [0.15, 0.2) is 30.3 Å². The second kappa shape index (κ2) is 7.75. The molecule has 3 atom stereocenters. The molecule has 2 unspecified atom stereocenters. The first-order valence-electron chi connectivity index (χ1n) is 8.52. The number of carbonyl (C=O) groups is 1. The second-order valence-electron chi connectivity index (χ2n) is 6.32. The third kappa shape index (κ3) is 3.87. The number of nitrogens with one attached hydrogen (secondary N) is 2. The maximum absolute atomic E-state index is 12.5. The highest BCUT2D eigenvalue weighted by Crippen LogP contribution is 2.33. The molecule has 2 saturated heterocycles. The summed E-state index contributed by atoms with van der Waals surface area (Å²) in [5.41, 5.74) is 1.11. The molecule has 1 aromatic rings. The molecular formula is C18H26N2O2. The summed E-state index contributed by atoms with van der Waals surface area (Å²) in [4.78, 5) is 12.5. The minimum atomic E-state index is -0.0976. The standard InChI is InChI=1S/C18H26N2O2/c21-18(20-12-10-15-8-4-11-19-15)16-9-5-13-22-17(16)14-6-2-1-3-7-14/h1-3,6-7,15-17,19H,4-5,8-13H2,(H,20,21)/t15-,16?,17?/m1/s1. The van der Waals surface area contributed by atoms with E-state index in [2.05, 4.69) is 22.8 Å². The molecule has 2 N–H and O–H groups in total. The van der Waals surface area contributed by atoms with E-state index in [1.54, 1.807) is 0 Å². The zero-order valence-corrected chi connectivity index (χ0v) is 13.1. The van der Waals surface area contributed by atoms with Crippen molar-refractivity contribution in [2.75, 3.05) is 19.7 Å². The number of rotatable bonds is 5. The lowest BCUT2D eigenvalue weighted by Crippen LogP contribution is -2.39. The van der Waals surface area contributed by atoms with Crippen LogP contribution >= 0.6 is 0 Å². The van der Waals surface area contributed by atoms with Crippen LogP contribution in [0.2, 0.25) is 0 Å². The SMILES string of the molecule is O=C(NCC[C@H]1CCCN1)C1CCCOC1c1ccccc1. The fraction of sp³-hybridized carbons (Fsp3) is 0.611. The van der Waals surface area contributed by atoms with Crippen molar-refractivity contribution in [1.29, 1.82) is 0 Å². The van der Waals surface area contributed by atoms with E-state index in [0.717, 1.165) is 44.5 Å². The maximum atomic E-state index is 12.5. The number of hydrogen-bond acceptors (Lipinski definition) is 3. The third-order valence-corrected chi connectivity index (χ3v) is 4.74. The summed E-state index contributed by atoms with van der Waals surface area (Å²) >= 11 is 0. The van der Waals surface area contributed by atoms with Gasteiger partial charge in [0, 0.05) is 19.2 Å². The van der Waals surface area contributed by atoms with Crippen molar-refractivity contribution in [2.45, 2.75) is 44.2 Å². The number of hydrogen-bond donors (Lipinski definition) is 2. The number of benzene rings is 1. The molecule has 2 fully saturated rings. The van der Waals surface area contributed by atoms with E-state index >= 15 is 0 Å². The van der Waals surface area contributed by atoms with Crippen LogP contribution in [0.4, 0.5) is 0 Å². The maximum Gasteiger partial charge on any atom is 0.226 e. The fourth-order valence-electron chi connectivity index (χ4n) is 3.52. The molecular weight excluding hydrogens is 276 g/mol. The summed E-state index contributed by atoms with van der Waals surface area (Å²) in [6, 6.07) is 10.7. The van der Waals surface area contributed by atoms with Crippen molar-refractivity contribution >= 4 is 5.91 Å². The van der Waals surface area contributed by atoms with Crippen LogP contribution in [0, 0.1) is 5.92 Å². The summed E-state index contributed by atoms with van der Waals surface area (Å²) in [6.45, 7) is 2.62. The summed E-state index contributed by atoms with van der Waals surface area (Å²) in [5, 5.41) is 6.59. The van der Waals surface area contributed by atoms with Gasteiger partial charge in [-0.25, -0.2) is 0 Å². The first kappa shape index (κ1) is 15.5. The van der Waals surface area contributed by atoms with Gasteiger partial charge in [0.2, 0.25) is 5.91 Å². The van der Waals surface area contributed by atoms with Gasteiger partial charge in [-0.2, -0.15) is 0 Å². The molecule has 4 nitrogen and oxygen atoms in total. The average molecular weight is 302 g/mol. The van der Waals surface area contributed by atoms with Crippen molar-refractivity contribution in [3.05, 3.63) is 35.9 Å². The topological polar surface area (TPSA) is 50.4 Å². The van der Waals surface area contributed by atoms with Crippen LogP contribution in [-0.2, 0) is 9.53 Å². The van der Waals surface area contributed by atoms with E-state index in [1.807, 2.05) is 18.2 Å². The predicted molar refractivity (Wildman–Crippen MR) is 86.5 cm³/mol. The molecule has 22 heavy (non-hydrogen) atoms. The summed E-state index contributed by atoms with van der Waals surface area (Å²) in [7, 11) is 0. The molecule has 0 aromatic heterocycles. The van der Waals surface area contributed by atoms with Gasteiger partial charge >= 0.3 is 0 Å². The number of amides is 1. The third-order valence-electron chi connectivity index (χ3n) is 4.74. The molecule has 0 spiro atoms. The van der Waals surface area contributed by atoms with Gasteiger partial charge in [-0.05, 0) is 44.2 Å². The van der Waals surface area contributed by atoms with Crippen LogP contribution in [0.3, 0.4) is 0 Å². The quantitative estimate of drug-likeness (QED) is 0.878. The molecule has 0 aliphatic carbocycles. The van der Waals surface area contributed by atoms with Gasteiger partial charge in [0.25, 0.3) is 0 Å². The molecule has 0 bridgehead atoms. The van der Waals surface area contributed by atoms with Crippen molar-refractivity contribution < 1.29 is 9.53 Å². The van der Waals surface area contributed by atoms with E-state index in [4.69, 9.17) is 4.74 Å². The van der Waals surface area contributed by atoms with Gasteiger partial charge in [0.15, 0.2) is 0 Å². The number of carbonyl (C=O) groups excluding carboxylic acids is 1. The van der Waals surface area contributed by atoms with Crippen LogP contribution in [0.5, 0.6) is 0 Å². The molecule has 1 aromatic carbocycles. The molecule has 2 aliphatic heterocycles. The first-order valence-corrected chi connectivity index (χ1v) is 8.52. The minimum Gasteiger partial charge on any atom is -0.373 e. The average Bonchev–Trinajstić information content (AvgIpc) is 3.09. The van der Waals surface area contributed by atoms with Crippen LogP contribution in [-0.4, -0.2) is 31.6 Å². The Morgan fingerprint density at radius 1 is 1.23 bits per heavy atom. The first-order chi connectivity index (χ1) is 10.8. The van der Waals surface area contributed by atoms with E-state index in [0.29, 0.717) is 6.04 Å². The van der Waals surface area contributed by atoms with Gasteiger partial charge < -0.3 is 15.4 Å². The Bertz CT molecular complexity index is 471. The zero-order chi connectivity index (χ0) is 15.2. The highest BCUT2D eigenvalue weighted by atomic mass is 16.5. The van der Waals surface area contributed by atoms with Crippen molar-refractivity contribution in [3.63, 3.8) is 0 Å². The lowest BCUT2D eigenvalue weighted by Gasteiger charge is -2.31. The Hall–Kier alpha value is -1.39. The van der Waals surface area contributed by atoms with Gasteiger partial charge in [0.1, 0.15) is 0 Å². The normalized spacial score (nSPS) is 28.5. The lowest BCUT2D eigenvalue weighted by molar-refractivity contribution is -0.134. The second-order valence-corrected chi connectivity index (χ2v) is 6.32. The Kier molecular flexibility index (Phi) is 5.46. The monoisotopic (exact) mass is 302 g/mol. The van der Waals surface area contributed by atoms with Gasteiger partial charge in [-0.15, -0.1) is 0 Å². The molecule has 3 rings (SSSR count). The summed E-state index contributed by atoms with van der Waals surface area (Å²) in [5.74, 6) is 0.0826. The minimum absolute atomic E-state index is 0.0623. The summed E-state index contributed by atoms with van der Waals surface area (Å²) in [6.07, 6.45) is 5.29. The molecule has 2 heterocycles. The largest absolute Gasteiger partial charge is 0.373 e. The summed E-state index contributed by atoms with van der Waals surface area (Å²) < 4.78 is 5.90. The zero-order valence-electron chi connectivity index (χ0n) is 13.1. The highest BCUT2D eigenvalue weighted by Gasteiger charge is 2.32. The van der Waals surface area contributed by atoms with Crippen molar-refractivity contribution in [2.24, 2.45) is 5.92 Å². The Balaban J connectivity index is 1.54. The van der Waals surface area contributed by atoms with E-state index in [-0.39, 0.29) is 17.9 Å². The van der Waals surface area contributed by atoms with Gasteiger partial charge in [-0.1, -0.05) is 30.3 Å². The lowest BCUT2D eigenvalue weighted by atomic mass is 9.88. The van der Waals surface area contributed by atoms with Crippen LogP contribution < -0.4 is 10.6 Å². The van der Waals surface area contributed by atoms with E-state index in [9.17, 15) is 4.79 Å². The van der Waals surface area contributed by atoms with Crippen molar-refractivity contribution in [1.82, 2.24) is 10.6 Å². The Morgan fingerprint density at radius 3 is 2.86 bits per heavy atom. The molecule has 4 heteroatoms.